The number of hydrogen-bond donors (Lipinski definition) is 1. The van der Waals surface area contributed by atoms with Crippen LogP contribution in [-0.4, -0.2) is 31.4 Å². The zero-order valence-electron chi connectivity index (χ0n) is 16.6. The van der Waals surface area contributed by atoms with Gasteiger partial charge in [0.15, 0.2) is 10.3 Å². The van der Waals surface area contributed by atoms with Crippen LogP contribution in [0.4, 0.5) is 13.9 Å². The second-order valence-corrected chi connectivity index (χ2v) is 8.57. The van der Waals surface area contributed by atoms with Crippen LogP contribution in [-0.2, 0) is 4.79 Å². The molecular weight excluding hydrogens is 440 g/mol. The van der Waals surface area contributed by atoms with Gasteiger partial charge in [-0.25, -0.2) is 13.8 Å². The third-order valence-corrected chi connectivity index (χ3v) is 6.12. The molecule has 4 rings (SSSR count). The average molecular weight is 458 g/mol. The van der Waals surface area contributed by atoms with Crippen molar-refractivity contribution < 1.29 is 13.6 Å². The van der Waals surface area contributed by atoms with Crippen LogP contribution in [0.3, 0.4) is 0 Å². The summed E-state index contributed by atoms with van der Waals surface area (Å²) < 4.78 is 29.2. The number of thioether (sulfide) groups is 1. The first-order valence-corrected chi connectivity index (χ1v) is 11.1. The van der Waals surface area contributed by atoms with Crippen molar-refractivity contribution in [3.63, 3.8) is 0 Å². The summed E-state index contributed by atoms with van der Waals surface area (Å²) in [6.07, 6.45) is 1.61. The quantitative estimate of drug-likeness (QED) is 0.412. The fraction of sp³-hybridized carbons (Fsp3) is 0.143. The molecule has 0 spiro atoms. The Bertz CT molecular complexity index is 1250. The molecule has 0 saturated carbocycles. The van der Waals surface area contributed by atoms with Crippen LogP contribution in [0.1, 0.15) is 11.1 Å². The molecule has 2 aromatic heterocycles. The number of rotatable bonds is 6. The lowest BCUT2D eigenvalue weighted by Gasteiger charge is -2.10. The Hall–Kier alpha value is -3.11. The maximum atomic E-state index is 13.9. The second-order valence-electron chi connectivity index (χ2n) is 6.77. The van der Waals surface area contributed by atoms with Crippen molar-refractivity contribution in [3.8, 4) is 16.9 Å². The molecule has 0 aliphatic carbocycles. The molecule has 0 aliphatic rings. The van der Waals surface area contributed by atoms with Gasteiger partial charge in [0.1, 0.15) is 18.0 Å². The summed E-state index contributed by atoms with van der Waals surface area (Å²) >= 11 is 2.38. The van der Waals surface area contributed by atoms with Crippen LogP contribution < -0.4 is 5.32 Å². The largest absolute Gasteiger partial charge is 0.301 e. The van der Waals surface area contributed by atoms with E-state index in [0.29, 0.717) is 10.3 Å². The van der Waals surface area contributed by atoms with E-state index in [1.54, 1.807) is 11.7 Å². The molecule has 2 heterocycles. The van der Waals surface area contributed by atoms with Gasteiger partial charge in [0, 0.05) is 10.9 Å². The molecule has 0 fully saturated rings. The number of halogens is 2. The predicted octanol–water partition coefficient (Wildman–Crippen LogP) is 5.02. The van der Waals surface area contributed by atoms with Crippen molar-refractivity contribution in [2.45, 2.75) is 19.0 Å². The molecule has 2 aromatic carbocycles. The van der Waals surface area contributed by atoms with E-state index < -0.39 is 11.6 Å². The molecule has 0 radical (unpaired) electrons. The highest BCUT2D eigenvalue weighted by molar-refractivity contribution is 7.99. The number of thiazole rings is 1. The normalized spacial score (nSPS) is 11.0. The topological polar surface area (TPSA) is 72.7 Å². The Morgan fingerprint density at radius 3 is 2.84 bits per heavy atom. The number of carbonyl (C=O) groups excluding carboxylic acids is 1. The summed E-state index contributed by atoms with van der Waals surface area (Å²) in [7, 11) is 0. The lowest BCUT2D eigenvalue weighted by atomic mass is 10.1. The van der Waals surface area contributed by atoms with Gasteiger partial charge in [-0.05, 0) is 43.7 Å². The highest BCUT2D eigenvalue weighted by Crippen LogP contribution is 2.28. The Kier molecular flexibility index (Phi) is 6.10. The van der Waals surface area contributed by atoms with Crippen molar-refractivity contribution in [2.24, 2.45) is 0 Å². The van der Waals surface area contributed by atoms with E-state index in [1.807, 2.05) is 30.5 Å². The number of carbonyl (C=O) groups is 1. The summed E-state index contributed by atoms with van der Waals surface area (Å²) in [5, 5.41) is 13.2. The molecule has 0 unspecified atom stereocenters. The first-order chi connectivity index (χ1) is 14.9. The summed E-state index contributed by atoms with van der Waals surface area (Å²) in [5.74, 6) is -1.33. The number of aryl methyl sites for hydroxylation is 2. The minimum atomic E-state index is -0.578. The van der Waals surface area contributed by atoms with E-state index >= 15 is 0 Å². The Morgan fingerprint density at radius 2 is 2.03 bits per heavy atom. The number of nitrogens with one attached hydrogen (secondary N) is 1. The standard InChI is InChI=1S/C21H17F2N5OS2/c1-12-3-6-18(13(2)7-12)28-11-24-27-21(28)31-10-19(29)26-20-25-17(9-30-20)15-8-14(22)4-5-16(15)23/h3-9,11H,10H2,1-2H3,(H,25,26,29). The molecule has 0 saturated heterocycles. The lowest BCUT2D eigenvalue weighted by molar-refractivity contribution is -0.113. The third-order valence-electron chi connectivity index (χ3n) is 4.42. The van der Waals surface area contributed by atoms with Gasteiger partial charge < -0.3 is 5.32 Å². The van der Waals surface area contributed by atoms with Gasteiger partial charge in [-0.3, -0.25) is 9.36 Å². The minimum Gasteiger partial charge on any atom is -0.301 e. The highest BCUT2D eigenvalue weighted by atomic mass is 32.2. The Morgan fingerprint density at radius 1 is 1.19 bits per heavy atom. The fourth-order valence-corrected chi connectivity index (χ4v) is 4.45. The first kappa shape index (κ1) is 21.1. The maximum Gasteiger partial charge on any atom is 0.236 e. The highest BCUT2D eigenvalue weighted by Gasteiger charge is 2.15. The van der Waals surface area contributed by atoms with Crippen molar-refractivity contribution >= 4 is 34.1 Å². The number of amides is 1. The molecule has 10 heteroatoms. The van der Waals surface area contributed by atoms with E-state index in [-0.39, 0.29) is 22.9 Å². The van der Waals surface area contributed by atoms with Crippen molar-refractivity contribution in [3.05, 3.63) is 70.9 Å². The van der Waals surface area contributed by atoms with Gasteiger partial charge in [0.05, 0.1) is 17.1 Å². The van der Waals surface area contributed by atoms with Gasteiger partial charge in [-0.15, -0.1) is 21.5 Å². The zero-order chi connectivity index (χ0) is 22.0. The van der Waals surface area contributed by atoms with Gasteiger partial charge in [0.2, 0.25) is 5.91 Å². The van der Waals surface area contributed by atoms with E-state index in [9.17, 15) is 13.6 Å². The Balaban J connectivity index is 1.42. The van der Waals surface area contributed by atoms with Crippen LogP contribution in [0, 0.1) is 25.5 Å². The van der Waals surface area contributed by atoms with E-state index in [1.165, 1.54) is 11.8 Å². The van der Waals surface area contributed by atoms with Gasteiger partial charge in [-0.1, -0.05) is 29.5 Å². The van der Waals surface area contributed by atoms with Gasteiger partial charge in [-0.2, -0.15) is 0 Å². The van der Waals surface area contributed by atoms with Crippen molar-refractivity contribution in [1.29, 1.82) is 0 Å². The van der Waals surface area contributed by atoms with E-state index in [0.717, 1.165) is 46.4 Å². The molecular formula is C21H17F2N5OS2. The van der Waals surface area contributed by atoms with Crippen LogP contribution in [0.2, 0.25) is 0 Å². The van der Waals surface area contributed by atoms with Crippen molar-refractivity contribution in [1.82, 2.24) is 19.7 Å². The zero-order valence-corrected chi connectivity index (χ0v) is 18.2. The number of nitrogens with zero attached hydrogens (tertiary/aromatic N) is 4. The predicted molar refractivity (Wildman–Crippen MR) is 118 cm³/mol. The molecule has 0 bridgehead atoms. The number of anilines is 1. The molecule has 158 valence electrons. The molecule has 0 atom stereocenters. The summed E-state index contributed by atoms with van der Waals surface area (Å²) in [6.45, 7) is 4.03. The smallest absolute Gasteiger partial charge is 0.236 e. The summed E-state index contributed by atoms with van der Waals surface area (Å²) in [6, 6.07) is 9.22. The monoisotopic (exact) mass is 457 g/mol. The molecule has 6 nitrogen and oxygen atoms in total. The van der Waals surface area contributed by atoms with E-state index in [2.05, 4.69) is 26.6 Å². The van der Waals surface area contributed by atoms with Crippen LogP contribution in [0.5, 0.6) is 0 Å². The van der Waals surface area contributed by atoms with Crippen LogP contribution >= 0.6 is 23.1 Å². The lowest BCUT2D eigenvalue weighted by Crippen LogP contribution is -2.14. The fourth-order valence-electron chi connectivity index (χ4n) is 3.00. The number of aromatic nitrogens is 4. The first-order valence-electron chi connectivity index (χ1n) is 9.22. The molecule has 1 N–H and O–H groups in total. The SMILES string of the molecule is Cc1ccc(-n2cnnc2SCC(=O)Nc2nc(-c3cc(F)ccc3F)cs2)c(C)c1. The van der Waals surface area contributed by atoms with Gasteiger partial charge in [0.25, 0.3) is 0 Å². The molecule has 1 amide bonds. The minimum absolute atomic E-state index is 0.0488. The van der Waals surface area contributed by atoms with Crippen molar-refractivity contribution in [2.75, 3.05) is 11.1 Å². The summed E-state index contributed by atoms with van der Waals surface area (Å²) in [4.78, 5) is 16.6. The molecule has 4 aromatic rings. The second kappa shape index (κ2) is 8.94. The summed E-state index contributed by atoms with van der Waals surface area (Å²) in [5.41, 5.74) is 3.49. The average Bonchev–Trinajstić information content (AvgIpc) is 3.38. The van der Waals surface area contributed by atoms with E-state index in [4.69, 9.17) is 0 Å². The third kappa shape index (κ3) is 4.80. The van der Waals surface area contributed by atoms with Gasteiger partial charge >= 0.3 is 0 Å². The maximum absolute atomic E-state index is 13.9. The Labute approximate surface area is 185 Å². The molecule has 0 aliphatic heterocycles. The van der Waals surface area contributed by atoms with Crippen LogP contribution in [0.15, 0.2) is 53.3 Å². The number of hydrogen-bond acceptors (Lipinski definition) is 6. The molecule has 31 heavy (non-hydrogen) atoms. The van der Waals surface area contributed by atoms with Crippen LogP contribution in [0.25, 0.3) is 16.9 Å². The number of benzene rings is 2.